The number of nitrogens with one attached hydrogen (secondary N) is 2. The van der Waals surface area contributed by atoms with Crippen LogP contribution < -0.4 is 14.8 Å². The highest BCUT2D eigenvalue weighted by Gasteiger charge is 2.35. The van der Waals surface area contributed by atoms with E-state index in [0.29, 0.717) is 35.0 Å². The zero-order chi connectivity index (χ0) is 23.4. The SMILES string of the molecule is COc1ccc(NS(=O)(=O)c2cccc(NC(=O)[C@@H]3CCCN3C(=O)c3cccs3)c2)cc1. The zero-order valence-electron chi connectivity index (χ0n) is 17.9. The van der Waals surface area contributed by atoms with Crippen LogP contribution in [-0.4, -0.2) is 44.8 Å². The van der Waals surface area contributed by atoms with Crippen LogP contribution >= 0.6 is 11.3 Å². The third kappa shape index (κ3) is 5.18. The Labute approximate surface area is 196 Å². The number of benzene rings is 2. The second-order valence-electron chi connectivity index (χ2n) is 7.48. The summed E-state index contributed by atoms with van der Waals surface area (Å²) in [5, 5.41) is 4.59. The van der Waals surface area contributed by atoms with Crippen LogP contribution in [0.5, 0.6) is 5.75 Å². The number of carbonyl (C=O) groups excluding carboxylic acids is 2. The van der Waals surface area contributed by atoms with E-state index >= 15 is 0 Å². The fourth-order valence-corrected chi connectivity index (χ4v) is 5.45. The molecule has 2 heterocycles. The number of ether oxygens (including phenoxy) is 1. The average Bonchev–Trinajstić information content (AvgIpc) is 3.52. The van der Waals surface area contributed by atoms with Crippen molar-refractivity contribution in [3.8, 4) is 5.75 Å². The Morgan fingerprint density at radius 1 is 1.06 bits per heavy atom. The largest absolute Gasteiger partial charge is 0.497 e. The summed E-state index contributed by atoms with van der Waals surface area (Å²) in [5.41, 5.74) is 0.729. The van der Waals surface area contributed by atoms with E-state index in [-0.39, 0.29) is 16.7 Å². The number of anilines is 2. The molecule has 1 aliphatic heterocycles. The van der Waals surface area contributed by atoms with Gasteiger partial charge in [0.25, 0.3) is 15.9 Å². The third-order valence-corrected chi connectivity index (χ3v) is 7.54. The third-order valence-electron chi connectivity index (χ3n) is 5.30. The molecule has 0 spiro atoms. The number of carbonyl (C=O) groups is 2. The van der Waals surface area contributed by atoms with Gasteiger partial charge in [-0.3, -0.25) is 14.3 Å². The number of sulfonamides is 1. The average molecular weight is 486 g/mol. The Hall–Kier alpha value is -3.37. The maximum Gasteiger partial charge on any atom is 0.264 e. The second-order valence-corrected chi connectivity index (χ2v) is 10.1. The van der Waals surface area contributed by atoms with Crippen LogP contribution in [0.3, 0.4) is 0 Å². The van der Waals surface area contributed by atoms with Crippen molar-refractivity contribution in [2.45, 2.75) is 23.8 Å². The highest BCUT2D eigenvalue weighted by Crippen LogP contribution is 2.25. The van der Waals surface area contributed by atoms with Crippen LogP contribution in [0.4, 0.5) is 11.4 Å². The molecule has 1 saturated heterocycles. The summed E-state index contributed by atoms with van der Waals surface area (Å²) < 4.78 is 33.2. The number of likely N-dealkylation sites (tertiary alicyclic amines) is 1. The summed E-state index contributed by atoms with van der Waals surface area (Å²) in [6, 6.07) is 15.5. The molecule has 2 amide bonds. The molecule has 10 heteroatoms. The molecule has 0 saturated carbocycles. The molecule has 1 fully saturated rings. The minimum absolute atomic E-state index is 0.00839. The van der Waals surface area contributed by atoms with E-state index < -0.39 is 16.1 Å². The van der Waals surface area contributed by atoms with Gasteiger partial charge in [0.1, 0.15) is 11.8 Å². The van der Waals surface area contributed by atoms with E-state index in [1.165, 1.54) is 30.6 Å². The predicted octanol–water partition coefficient (Wildman–Crippen LogP) is 3.80. The topological polar surface area (TPSA) is 105 Å². The van der Waals surface area contributed by atoms with E-state index in [9.17, 15) is 18.0 Å². The van der Waals surface area contributed by atoms with Gasteiger partial charge in [0.15, 0.2) is 0 Å². The lowest BCUT2D eigenvalue weighted by atomic mass is 10.2. The summed E-state index contributed by atoms with van der Waals surface area (Å²) >= 11 is 1.34. The van der Waals surface area contributed by atoms with E-state index in [2.05, 4.69) is 10.0 Å². The first-order chi connectivity index (χ1) is 15.9. The maximum atomic E-state index is 12.9. The summed E-state index contributed by atoms with van der Waals surface area (Å²) in [4.78, 5) is 27.8. The quantitative estimate of drug-likeness (QED) is 0.530. The number of amides is 2. The van der Waals surface area contributed by atoms with Gasteiger partial charge in [-0.05, 0) is 66.8 Å². The molecule has 4 rings (SSSR count). The van der Waals surface area contributed by atoms with Gasteiger partial charge >= 0.3 is 0 Å². The first-order valence-electron chi connectivity index (χ1n) is 10.3. The highest BCUT2D eigenvalue weighted by molar-refractivity contribution is 7.92. The lowest BCUT2D eigenvalue weighted by Crippen LogP contribution is -2.42. The Kier molecular flexibility index (Phi) is 6.66. The number of nitrogens with zero attached hydrogens (tertiary/aromatic N) is 1. The van der Waals surface area contributed by atoms with Crippen LogP contribution in [0.2, 0.25) is 0 Å². The summed E-state index contributed by atoms with van der Waals surface area (Å²) in [7, 11) is -2.34. The number of hydrogen-bond donors (Lipinski definition) is 2. The zero-order valence-corrected chi connectivity index (χ0v) is 19.5. The number of rotatable bonds is 7. The van der Waals surface area contributed by atoms with Crippen molar-refractivity contribution in [2.75, 3.05) is 23.7 Å². The number of thiophene rings is 1. The molecular formula is C23H23N3O5S2. The van der Waals surface area contributed by atoms with Crippen LogP contribution in [0.1, 0.15) is 22.5 Å². The normalized spacial score (nSPS) is 15.8. The summed E-state index contributed by atoms with van der Waals surface area (Å²) in [6.45, 7) is 0.509. The fourth-order valence-electron chi connectivity index (χ4n) is 3.66. The molecule has 1 atom stereocenters. The molecule has 1 aliphatic rings. The minimum Gasteiger partial charge on any atom is -0.497 e. The molecule has 1 aromatic heterocycles. The molecule has 8 nitrogen and oxygen atoms in total. The fraction of sp³-hybridized carbons (Fsp3) is 0.217. The smallest absolute Gasteiger partial charge is 0.264 e. The first kappa shape index (κ1) is 22.8. The minimum atomic E-state index is -3.87. The van der Waals surface area contributed by atoms with Gasteiger partial charge in [-0.2, -0.15) is 0 Å². The number of methoxy groups -OCH3 is 1. The lowest BCUT2D eigenvalue weighted by molar-refractivity contribution is -0.119. The molecule has 33 heavy (non-hydrogen) atoms. The Morgan fingerprint density at radius 2 is 1.85 bits per heavy atom. The van der Waals surface area contributed by atoms with Crippen molar-refractivity contribution in [3.63, 3.8) is 0 Å². The van der Waals surface area contributed by atoms with Crippen molar-refractivity contribution in [1.82, 2.24) is 4.90 Å². The molecule has 172 valence electrons. The molecule has 0 aliphatic carbocycles. The highest BCUT2D eigenvalue weighted by atomic mass is 32.2. The Morgan fingerprint density at radius 3 is 2.55 bits per heavy atom. The van der Waals surface area contributed by atoms with Gasteiger partial charge in [-0.1, -0.05) is 12.1 Å². The Balaban J connectivity index is 1.47. The van der Waals surface area contributed by atoms with E-state index in [4.69, 9.17) is 4.74 Å². The lowest BCUT2D eigenvalue weighted by Gasteiger charge is -2.23. The van der Waals surface area contributed by atoms with Crippen molar-refractivity contribution < 1.29 is 22.7 Å². The van der Waals surface area contributed by atoms with Crippen molar-refractivity contribution >= 4 is 44.5 Å². The van der Waals surface area contributed by atoms with Gasteiger partial charge in [0.05, 0.1) is 16.9 Å². The first-order valence-corrected chi connectivity index (χ1v) is 12.7. The molecule has 0 bridgehead atoms. The van der Waals surface area contributed by atoms with Gasteiger partial charge in [-0.25, -0.2) is 8.42 Å². The van der Waals surface area contributed by atoms with Gasteiger partial charge in [-0.15, -0.1) is 11.3 Å². The van der Waals surface area contributed by atoms with E-state index in [1.807, 2.05) is 5.38 Å². The molecule has 0 unspecified atom stereocenters. The van der Waals surface area contributed by atoms with Gasteiger partial charge < -0.3 is 15.0 Å². The van der Waals surface area contributed by atoms with Crippen LogP contribution in [-0.2, 0) is 14.8 Å². The van der Waals surface area contributed by atoms with E-state index in [1.54, 1.807) is 53.4 Å². The van der Waals surface area contributed by atoms with Crippen LogP contribution in [0.25, 0.3) is 0 Å². The predicted molar refractivity (Wildman–Crippen MR) is 127 cm³/mol. The summed E-state index contributed by atoms with van der Waals surface area (Å²) in [5.74, 6) is 0.110. The number of hydrogen-bond acceptors (Lipinski definition) is 6. The maximum absolute atomic E-state index is 12.9. The van der Waals surface area contributed by atoms with Crippen LogP contribution in [0.15, 0.2) is 70.9 Å². The van der Waals surface area contributed by atoms with Gasteiger partial charge in [0, 0.05) is 17.9 Å². The molecule has 3 aromatic rings. The van der Waals surface area contributed by atoms with Gasteiger partial charge in [0.2, 0.25) is 5.91 Å². The molecular weight excluding hydrogens is 462 g/mol. The van der Waals surface area contributed by atoms with Crippen molar-refractivity contribution in [1.29, 1.82) is 0 Å². The monoisotopic (exact) mass is 485 g/mol. The second kappa shape index (κ2) is 9.63. The van der Waals surface area contributed by atoms with Crippen molar-refractivity contribution in [2.24, 2.45) is 0 Å². The molecule has 2 N–H and O–H groups in total. The standard InChI is InChI=1S/C23H23N3O5S2/c1-31-18-11-9-16(10-12-18)25-33(29,30)19-6-2-5-17(15-19)24-22(27)20-7-3-13-26(20)23(28)21-8-4-14-32-21/h2,4-6,8-12,14-15,20,25H,3,7,13H2,1H3,(H,24,27)/t20-/m0/s1. The van der Waals surface area contributed by atoms with E-state index in [0.717, 1.165) is 6.42 Å². The molecule has 0 radical (unpaired) electrons. The Bertz CT molecular complexity index is 1240. The van der Waals surface area contributed by atoms with Crippen molar-refractivity contribution in [3.05, 3.63) is 70.9 Å². The molecule has 2 aromatic carbocycles. The summed E-state index contributed by atoms with van der Waals surface area (Å²) in [6.07, 6.45) is 1.29. The van der Waals surface area contributed by atoms with Crippen LogP contribution in [0, 0.1) is 0 Å².